The van der Waals surface area contributed by atoms with Gasteiger partial charge in [0.15, 0.2) is 13.0 Å². The number of aryl methyl sites for hydroxylation is 3. The first-order valence-corrected chi connectivity index (χ1v) is 6.95. The minimum absolute atomic E-state index is 0.151. The molecule has 0 amide bonds. The van der Waals surface area contributed by atoms with E-state index in [1.165, 1.54) is 7.05 Å². The molecule has 3 aromatic heterocycles. The maximum absolute atomic E-state index is 12.5. The minimum atomic E-state index is -0.778. The number of nitrogens with zero attached hydrogens (tertiary/aromatic N) is 3. The molecule has 0 saturated heterocycles. The summed E-state index contributed by atoms with van der Waals surface area (Å²) in [6.45, 7) is 3.82. The zero-order valence-corrected chi connectivity index (χ0v) is 12.4. The molecular weight excluding hydrogens is 292 g/mol. The average molecular weight is 304 g/mol. The van der Waals surface area contributed by atoms with Crippen LogP contribution in [0.1, 0.15) is 26.6 Å². The zero-order chi connectivity index (χ0) is 15.3. The first-order valence-electron chi connectivity index (χ1n) is 6.14. The van der Waals surface area contributed by atoms with Crippen LogP contribution >= 0.6 is 11.3 Å². The van der Waals surface area contributed by atoms with Gasteiger partial charge in [0.2, 0.25) is 0 Å². The van der Waals surface area contributed by atoms with Gasteiger partial charge < -0.3 is 15.4 Å². The van der Waals surface area contributed by atoms with E-state index in [-0.39, 0.29) is 10.6 Å². The number of anilines is 1. The van der Waals surface area contributed by atoms with E-state index in [0.717, 1.165) is 32.7 Å². The summed E-state index contributed by atoms with van der Waals surface area (Å²) >= 11 is 1.16. The Morgan fingerprint density at radius 3 is 2.81 bits per heavy atom. The van der Waals surface area contributed by atoms with E-state index < -0.39 is 11.7 Å². The van der Waals surface area contributed by atoms with E-state index in [4.69, 9.17) is 5.73 Å². The van der Waals surface area contributed by atoms with Gasteiger partial charge in [0, 0.05) is 11.1 Å². The highest BCUT2D eigenvalue weighted by Crippen LogP contribution is 2.35. The Balaban J connectivity index is 2.22. The third-order valence-electron chi connectivity index (χ3n) is 3.35. The Morgan fingerprint density at radius 2 is 2.19 bits per heavy atom. The summed E-state index contributed by atoms with van der Waals surface area (Å²) < 4.78 is 5.58. The first kappa shape index (κ1) is 13.5. The number of hydrogen-bond acceptors (Lipinski definition) is 7. The van der Waals surface area contributed by atoms with Gasteiger partial charge in [-0.1, -0.05) is 4.68 Å². The van der Waals surface area contributed by atoms with Crippen LogP contribution in [0.2, 0.25) is 0 Å². The summed E-state index contributed by atoms with van der Waals surface area (Å²) in [4.78, 5) is 17.9. The van der Waals surface area contributed by atoms with Gasteiger partial charge in [-0.15, -0.1) is 11.3 Å². The van der Waals surface area contributed by atoms with Crippen LogP contribution in [-0.4, -0.2) is 16.0 Å². The minimum Gasteiger partial charge on any atom is -0.539 e. The molecule has 8 heteroatoms. The molecule has 21 heavy (non-hydrogen) atoms. The lowest BCUT2D eigenvalue weighted by Gasteiger charge is -1.99. The Hall–Kier alpha value is -2.48. The van der Waals surface area contributed by atoms with Crippen molar-refractivity contribution in [2.24, 2.45) is 7.05 Å². The van der Waals surface area contributed by atoms with E-state index in [1.807, 2.05) is 19.9 Å². The molecule has 0 radical (unpaired) electrons. The standard InChI is InChI=1S/C13H12N4O3S/c1-5-4-7-8(14)11(21-12(7)15-6(5)2)10(18)9-13(19)20-16-17(9)3/h4H,1-3H3,(H2-,14,16,18,19). The fourth-order valence-electron chi connectivity index (χ4n) is 2.06. The number of rotatable bonds is 2. The molecule has 0 aromatic carbocycles. The highest BCUT2D eigenvalue weighted by atomic mass is 32.1. The molecule has 0 aliphatic heterocycles. The fraction of sp³-hybridized carbons (Fsp3) is 0.231. The van der Waals surface area contributed by atoms with Crippen molar-refractivity contribution in [3.05, 3.63) is 27.9 Å². The molecule has 0 spiro atoms. The van der Waals surface area contributed by atoms with Gasteiger partial charge in [-0.25, -0.2) is 4.98 Å². The highest BCUT2D eigenvalue weighted by Gasteiger charge is 2.28. The third-order valence-corrected chi connectivity index (χ3v) is 4.46. The van der Waals surface area contributed by atoms with Gasteiger partial charge in [0.1, 0.15) is 9.71 Å². The molecule has 0 saturated carbocycles. The molecule has 2 N–H and O–H groups in total. The van der Waals surface area contributed by atoms with Crippen molar-refractivity contribution < 1.29 is 19.1 Å². The van der Waals surface area contributed by atoms with Gasteiger partial charge in [0.05, 0.1) is 11.0 Å². The number of ketones is 1. The summed E-state index contributed by atoms with van der Waals surface area (Å²) in [5.74, 6) is -1.28. The van der Waals surface area contributed by atoms with Crippen molar-refractivity contribution in [2.75, 3.05) is 5.73 Å². The Labute approximate surface area is 123 Å². The van der Waals surface area contributed by atoms with Crippen molar-refractivity contribution >= 4 is 33.0 Å². The summed E-state index contributed by atoms with van der Waals surface area (Å²) in [5, 5.41) is 15.7. The van der Waals surface area contributed by atoms with E-state index in [9.17, 15) is 9.90 Å². The van der Waals surface area contributed by atoms with Crippen LogP contribution < -0.4 is 15.5 Å². The molecule has 3 aromatic rings. The third kappa shape index (κ3) is 1.95. The molecule has 3 heterocycles. The maximum atomic E-state index is 12.5. The van der Waals surface area contributed by atoms with Crippen LogP contribution in [0.3, 0.4) is 0 Å². The lowest BCUT2D eigenvalue weighted by Crippen LogP contribution is -2.37. The second-order valence-electron chi connectivity index (χ2n) is 4.75. The van der Waals surface area contributed by atoms with E-state index in [1.54, 1.807) is 0 Å². The quantitative estimate of drug-likeness (QED) is 0.549. The topological polar surface area (TPSA) is 109 Å². The monoisotopic (exact) mass is 304 g/mol. The van der Waals surface area contributed by atoms with Crippen LogP contribution in [0.15, 0.2) is 10.6 Å². The first-order chi connectivity index (χ1) is 9.90. The van der Waals surface area contributed by atoms with E-state index >= 15 is 0 Å². The van der Waals surface area contributed by atoms with Crippen molar-refractivity contribution in [3.8, 4) is 5.95 Å². The molecule has 3 rings (SSSR count). The van der Waals surface area contributed by atoms with Crippen LogP contribution in [0, 0.1) is 13.8 Å². The predicted octanol–water partition coefficient (Wildman–Crippen LogP) is 0.612. The van der Waals surface area contributed by atoms with Crippen molar-refractivity contribution in [3.63, 3.8) is 0 Å². The van der Waals surface area contributed by atoms with Gasteiger partial charge in [-0.3, -0.25) is 4.79 Å². The van der Waals surface area contributed by atoms with Crippen LogP contribution in [0.25, 0.3) is 10.2 Å². The summed E-state index contributed by atoms with van der Waals surface area (Å²) in [5.41, 5.74) is 8.10. The van der Waals surface area contributed by atoms with Crippen molar-refractivity contribution in [1.82, 2.24) is 10.3 Å². The summed E-state index contributed by atoms with van der Waals surface area (Å²) in [6.07, 6.45) is 0. The average Bonchev–Trinajstić information content (AvgIpc) is 2.92. The molecule has 0 atom stereocenters. The van der Waals surface area contributed by atoms with Gasteiger partial charge in [0.25, 0.3) is 5.78 Å². The lowest BCUT2D eigenvalue weighted by molar-refractivity contribution is -0.741. The number of carbonyl (C=O) groups excluding carboxylic acids is 1. The Morgan fingerprint density at radius 1 is 1.48 bits per heavy atom. The van der Waals surface area contributed by atoms with Crippen molar-refractivity contribution in [1.29, 1.82) is 0 Å². The Kier molecular flexibility index (Phi) is 2.91. The molecule has 0 unspecified atom stereocenters. The van der Waals surface area contributed by atoms with E-state index in [0.29, 0.717) is 10.5 Å². The van der Waals surface area contributed by atoms with Gasteiger partial charge in [-0.05, 0) is 25.5 Å². The number of hydrogen-bond donors (Lipinski definition) is 1. The molecule has 7 nitrogen and oxygen atoms in total. The maximum Gasteiger partial charge on any atom is 0.305 e. The molecule has 0 aliphatic rings. The van der Waals surface area contributed by atoms with Crippen LogP contribution in [0.5, 0.6) is 5.95 Å². The number of carbonyl (C=O) groups is 1. The predicted molar refractivity (Wildman–Crippen MR) is 74.1 cm³/mol. The number of pyridine rings is 1. The number of nitrogens with two attached hydrogens (primary N) is 1. The number of fused-ring (bicyclic) bond motifs is 1. The number of thiophene rings is 1. The van der Waals surface area contributed by atoms with Crippen LogP contribution in [0.4, 0.5) is 5.69 Å². The van der Waals surface area contributed by atoms with Crippen molar-refractivity contribution in [2.45, 2.75) is 13.8 Å². The Bertz CT molecular complexity index is 862. The lowest BCUT2D eigenvalue weighted by atomic mass is 10.1. The van der Waals surface area contributed by atoms with Gasteiger partial charge >= 0.3 is 5.69 Å². The number of nitrogen functional groups attached to an aromatic ring is 1. The highest BCUT2D eigenvalue weighted by molar-refractivity contribution is 7.21. The fourth-order valence-corrected chi connectivity index (χ4v) is 3.12. The summed E-state index contributed by atoms with van der Waals surface area (Å²) in [7, 11) is 1.47. The molecule has 0 bridgehead atoms. The zero-order valence-electron chi connectivity index (χ0n) is 11.6. The molecule has 0 fully saturated rings. The smallest absolute Gasteiger partial charge is 0.305 e. The summed E-state index contributed by atoms with van der Waals surface area (Å²) in [6, 6.07) is 1.89. The molecule has 0 aliphatic carbocycles. The second-order valence-corrected chi connectivity index (χ2v) is 5.75. The SMILES string of the molecule is Cc1cc2c(N)c(C(=O)c3c([O-])on[n+]3C)sc2nc1C. The number of aromatic nitrogens is 3. The molecular formula is C13H12N4O3S. The second kappa shape index (κ2) is 4.52. The van der Waals surface area contributed by atoms with Gasteiger partial charge in [-0.2, -0.15) is 0 Å². The largest absolute Gasteiger partial charge is 0.539 e. The normalized spacial score (nSPS) is 11.2. The van der Waals surface area contributed by atoms with E-state index in [2.05, 4.69) is 14.8 Å². The molecule has 108 valence electrons. The van der Waals surface area contributed by atoms with Crippen LogP contribution in [-0.2, 0) is 7.05 Å².